The second-order valence-electron chi connectivity index (χ2n) is 7.68. The van der Waals surface area contributed by atoms with Crippen LogP contribution in [0.4, 0.5) is 5.69 Å². The van der Waals surface area contributed by atoms with E-state index in [0.29, 0.717) is 11.5 Å². The highest BCUT2D eigenvalue weighted by Crippen LogP contribution is 2.36. The molecule has 0 aromatic heterocycles. The maximum atomic E-state index is 13.5. The van der Waals surface area contributed by atoms with Gasteiger partial charge in [0.1, 0.15) is 12.6 Å². The monoisotopic (exact) mass is 475 g/mol. The standard InChI is InChI=1S/C23H29N3O6S/c1-5-33(29,30)26(19-10-11-20-21(12-19)32-15-31-20)14-22(27)25(17(3)23(28)24-4)13-18-9-7-6-8-16(18)2/h6-12,17H,5,13-15H2,1-4H3,(H,24,28)/t17-/m0/s1. The Hall–Kier alpha value is -3.27. The highest BCUT2D eigenvalue weighted by Gasteiger charge is 2.31. The fourth-order valence-electron chi connectivity index (χ4n) is 3.52. The quantitative estimate of drug-likeness (QED) is 0.595. The molecule has 2 amide bonds. The fraction of sp³-hybridized carbons (Fsp3) is 0.391. The molecule has 1 aliphatic rings. The van der Waals surface area contributed by atoms with Crippen LogP contribution in [0.25, 0.3) is 0 Å². The summed E-state index contributed by atoms with van der Waals surface area (Å²) < 4.78 is 37.6. The van der Waals surface area contributed by atoms with Gasteiger partial charge in [-0.1, -0.05) is 24.3 Å². The van der Waals surface area contributed by atoms with Crippen LogP contribution in [0.3, 0.4) is 0 Å². The number of hydrogen-bond donors (Lipinski definition) is 1. The van der Waals surface area contributed by atoms with E-state index in [4.69, 9.17) is 9.47 Å². The molecule has 1 heterocycles. The Kier molecular flexibility index (Phi) is 7.47. The maximum Gasteiger partial charge on any atom is 0.244 e. The molecule has 0 saturated carbocycles. The topological polar surface area (TPSA) is 105 Å². The SMILES string of the molecule is CCS(=O)(=O)N(CC(=O)N(Cc1ccccc1C)[C@@H](C)C(=O)NC)c1ccc2c(c1)OCO2. The van der Waals surface area contributed by atoms with Crippen LogP contribution < -0.4 is 19.1 Å². The molecule has 2 aromatic carbocycles. The molecule has 0 fully saturated rings. The molecule has 0 unspecified atom stereocenters. The molecule has 2 aromatic rings. The molecule has 1 atom stereocenters. The molecule has 1 N–H and O–H groups in total. The van der Waals surface area contributed by atoms with E-state index in [2.05, 4.69) is 5.32 Å². The normalized spacial score (nSPS) is 13.3. The number of nitrogens with one attached hydrogen (secondary N) is 1. The van der Waals surface area contributed by atoms with Crippen LogP contribution in [-0.4, -0.2) is 57.3 Å². The first-order chi connectivity index (χ1) is 15.7. The highest BCUT2D eigenvalue weighted by atomic mass is 32.2. The smallest absolute Gasteiger partial charge is 0.244 e. The van der Waals surface area contributed by atoms with E-state index >= 15 is 0 Å². The van der Waals surface area contributed by atoms with Gasteiger partial charge in [0, 0.05) is 19.7 Å². The Morgan fingerprint density at radius 3 is 2.48 bits per heavy atom. The summed E-state index contributed by atoms with van der Waals surface area (Å²) in [5, 5.41) is 2.56. The molecule has 33 heavy (non-hydrogen) atoms. The molecule has 0 aliphatic carbocycles. The first-order valence-corrected chi connectivity index (χ1v) is 12.2. The number of fused-ring (bicyclic) bond motifs is 1. The van der Waals surface area contributed by atoms with Gasteiger partial charge in [0.25, 0.3) is 0 Å². The van der Waals surface area contributed by atoms with Crippen molar-refractivity contribution in [3.8, 4) is 11.5 Å². The first-order valence-electron chi connectivity index (χ1n) is 10.6. The predicted molar refractivity (Wildman–Crippen MR) is 125 cm³/mol. The lowest BCUT2D eigenvalue weighted by atomic mass is 10.1. The number of benzene rings is 2. The lowest BCUT2D eigenvalue weighted by Gasteiger charge is -2.32. The van der Waals surface area contributed by atoms with Crippen molar-refractivity contribution >= 4 is 27.5 Å². The number of sulfonamides is 1. The zero-order valence-corrected chi connectivity index (χ0v) is 20.0. The predicted octanol–water partition coefficient (Wildman–Crippen LogP) is 2.04. The Bertz CT molecular complexity index is 1130. The van der Waals surface area contributed by atoms with Gasteiger partial charge in [-0.15, -0.1) is 0 Å². The van der Waals surface area contributed by atoms with Crippen molar-refractivity contribution in [3.63, 3.8) is 0 Å². The minimum absolute atomic E-state index is 0.0477. The second kappa shape index (κ2) is 10.1. The molecule has 0 bridgehead atoms. The average Bonchev–Trinajstić information content (AvgIpc) is 3.28. The number of aryl methyl sites for hydroxylation is 1. The van der Waals surface area contributed by atoms with Gasteiger partial charge in [0.05, 0.1) is 11.4 Å². The minimum atomic E-state index is -3.80. The Morgan fingerprint density at radius 2 is 1.82 bits per heavy atom. The molecule has 0 saturated heterocycles. The molecule has 0 spiro atoms. The van der Waals surface area contributed by atoms with Crippen LogP contribution in [0.5, 0.6) is 11.5 Å². The van der Waals surface area contributed by atoms with Crippen LogP contribution in [0.15, 0.2) is 42.5 Å². The fourth-order valence-corrected chi connectivity index (χ4v) is 4.58. The number of carbonyl (C=O) groups excluding carboxylic acids is 2. The molecule has 10 heteroatoms. The molecular weight excluding hydrogens is 446 g/mol. The van der Waals surface area contributed by atoms with Crippen molar-refractivity contribution in [1.82, 2.24) is 10.2 Å². The number of nitrogens with zero attached hydrogens (tertiary/aromatic N) is 2. The Balaban J connectivity index is 1.95. The van der Waals surface area contributed by atoms with Crippen LogP contribution in [0.2, 0.25) is 0 Å². The minimum Gasteiger partial charge on any atom is -0.454 e. The largest absolute Gasteiger partial charge is 0.454 e. The second-order valence-corrected chi connectivity index (χ2v) is 9.87. The lowest BCUT2D eigenvalue weighted by molar-refractivity contribution is -0.139. The van der Waals surface area contributed by atoms with Gasteiger partial charge in [0.15, 0.2) is 11.5 Å². The maximum absolute atomic E-state index is 13.5. The molecule has 1 aliphatic heterocycles. The number of carbonyl (C=O) groups is 2. The first kappa shape index (κ1) is 24.4. The van der Waals surface area contributed by atoms with Gasteiger partial charge in [-0.25, -0.2) is 8.42 Å². The Morgan fingerprint density at radius 1 is 1.12 bits per heavy atom. The number of rotatable bonds is 9. The third-order valence-corrected chi connectivity index (χ3v) is 7.38. The van der Waals surface area contributed by atoms with Crippen LogP contribution in [0, 0.1) is 6.92 Å². The third kappa shape index (κ3) is 5.39. The summed E-state index contributed by atoms with van der Waals surface area (Å²) in [6.07, 6.45) is 0. The van der Waals surface area contributed by atoms with Crippen molar-refractivity contribution in [2.75, 3.05) is 30.4 Å². The molecule has 0 radical (unpaired) electrons. The van der Waals surface area contributed by atoms with E-state index in [1.165, 1.54) is 24.9 Å². The number of amides is 2. The zero-order valence-electron chi connectivity index (χ0n) is 19.2. The zero-order chi connectivity index (χ0) is 24.2. The van der Waals surface area contributed by atoms with Gasteiger partial charge in [-0.05, 0) is 44.0 Å². The van der Waals surface area contributed by atoms with E-state index in [1.807, 2.05) is 31.2 Å². The average molecular weight is 476 g/mol. The van der Waals surface area contributed by atoms with Crippen molar-refractivity contribution in [2.45, 2.75) is 33.4 Å². The van der Waals surface area contributed by atoms with Crippen molar-refractivity contribution in [3.05, 3.63) is 53.6 Å². The summed E-state index contributed by atoms with van der Waals surface area (Å²) in [7, 11) is -2.31. The highest BCUT2D eigenvalue weighted by molar-refractivity contribution is 7.92. The van der Waals surface area contributed by atoms with E-state index in [-0.39, 0.29) is 30.7 Å². The summed E-state index contributed by atoms with van der Waals surface area (Å²) >= 11 is 0. The van der Waals surface area contributed by atoms with Crippen molar-refractivity contribution in [1.29, 1.82) is 0 Å². The van der Waals surface area contributed by atoms with E-state index in [1.54, 1.807) is 19.1 Å². The van der Waals surface area contributed by atoms with Gasteiger partial charge in [-0.2, -0.15) is 0 Å². The van der Waals surface area contributed by atoms with Crippen LogP contribution in [-0.2, 0) is 26.2 Å². The lowest BCUT2D eigenvalue weighted by Crippen LogP contribution is -2.51. The summed E-state index contributed by atoms with van der Waals surface area (Å²) in [4.78, 5) is 27.3. The van der Waals surface area contributed by atoms with Gasteiger partial charge in [-0.3, -0.25) is 13.9 Å². The van der Waals surface area contributed by atoms with Crippen molar-refractivity contribution < 1.29 is 27.5 Å². The van der Waals surface area contributed by atoms with E-state index in [9.17, 15) is 18.0 Å². The number of likely N-dealkylation sites (N-methyl/N-ethyl adjacent to an activating group) is 1. The molecule has 178 valence electrons. The van der Waals surface area contributed by atoms with Gasteiger partial charge >= 0.3 is 0 Å². The molecule has 9 nitrogen and oxygen atoms in total. The van der Waals surface area contributed by atoms with Crippen LogP contribution >= 0.6 is 0 Å². The van der Waals surface area contributed by atoms with Crippen LogP contribution in [0.1, 0.15) is 25.0 Å². The summed E-state index contributed by atoms with van der Waals surface area (Å²) in [6, 6.07) is 11.5. The summed E-state index contributed by atoms with van der Waals surface area (Å²) in [5.41, 5.74) is 2.13. The number of anilines is 1. The summed E-state index contributed by atoms with van der Waals surface area (Å²) in [6.45, 7) is 4.81. The van der Waals surface area contributed by atoms with Gasteiger partial charge < -0.3 is 19.7 Å². The third-order valence-electron chi connectivity index (χ3n) is 5.64. The Labute approximate surface area is 194 Å². The molecular formula is C23H29N3O6S. The van der Waals surface area contributed by atoms with Gasteiger partial charge in [0.2, 0.25) is 28.6 Å². The van der Waals surface area contributed by atoms with E-state index < -0.39 is 28.5 Å². The molecule has 3 rings (SSSR count). The van der Waals surface area contributed by atoms with Crippen molar-refractivity contribution in [2.24, 2.45) is 0 Å². The van der Waals surface area contributed by atoms with E-state index in [0.717, 1.165) is 15.4 Å². The number of ether oxygens (including phenoxy) is 2. The summed E-state index contributed by atoms with van der Waals surface area (Å²) in [5.74, 6) is -0.119. The number of hydrogen-bond acceptors (Lipinski definition) is 6.